The second-order valence-corrected chi connectivity index (χ2v) is 8.81. The summed E-state index contributed by atoms with van der Waals surface area (Å²) >= 11 is 0. The molecule has 168 valence electrons. The van der Waals surface area contributed by atoms with Crippen LogP contribution in [-0.2, 0) is 26.0 Å². The number of aryl methyl sites for hydroxylation is 1. The third-order valence-electron chi connectivity index (χ3n) is 4.31. The molecule has 1 aromatic heterocycles. The van der Waals surface area contributed by atoms with E-state index < -0.39 is 28.5 Å². The van der Waals surface area contributed by atoms with Gasteiger partial charge in [-0.05, 0) is 30.7 Å². The van der Waals surface area contributed by atoms with Crippen molar-refractivity contribution in [2.24, 2.45) is 0 Å². The lowest BCUT2D eigenvalue weighted by Gasteiger charge is -2.11. The summed E-state index contributed by atoms with van der Waals surface area (Å²) in [5, 5.41) is 7.26. The maximum atomic E-state index is 12.5. The average Bonchev–Trinajstić information content (AvgIpc) is 3.14. The number of carbonyl (C=O) groups is 2. The van der Waals surface area contributed by atoms with Gasteiger partial charge in [0.15, 0.2) is 6.61 Å². The predicted molar refractivity (Wildman–Crippen MR) is 121 cm³/mol. The number of sulfonamides is 1. The van der Waals surface area contributed by atoms with Crippen LogP contribution < -0.4 is 10.0 Å². The van der Waals surface area contributed by atoms with E-state index in [0.717, 1.165) is 30.5 Å². The molecular weight excluding hydrogens is 432 g/mol. The van der Waals surface area contributed by atoms with E-state index in [9.17, 15) is 18.0 Å². The Hall–Kier alpha value is -3.66. The van der Waals surface area contributed by atoms with Gasteiger partial charge in [0.05, 0.1) is 28.9 Å². The fourth-order valence-electron chi connectivity index (χ4n) is 3.00. The molecule has 0 atom stereocenters. The van der Waals surface area contributed by atoms with Gasteiger partial charge in [0, 0.05) is 6.07 Å². The molecule has 10 heteroatoms. The van der Waals surface area contributed by atoms with Crippen LogP contribution in [0.1, 0.15) is 29.4 Å². The highest BCUT2D eigenvalue weighted by atomic mass is 32.2. The molecule has 3 rings (SSSR count). The Morgan fingerprint density at radius 1 is 1.06 bits per heavy atom. The lowest BCUT2D eigenvalue weighted by molar-refractivity contribution is -0.119. The van der Waals surface area contributed by atoms with Crippen LogP contribution in [0.2, 0.25) is 0 Å². The summed E-state index contributed by atoms with van der Waals surface area (Å²) in [5.41, 5.74) is 1.68. The highest BCUT2D eigenvalue weighted by molar-refractivity contribution is 7.92. The number of para-hydroxylation sites is 2. The van der Waals surface area contributed by atoms with Crippen molar-refractivity contribution in [1.82, 2.24) is 9.78 Å². The highest BCUT2D eigenvalue weighted by Gasteiger charge is 2.18. The fraction of sp³-hybridized carbons (Fsp3) is 0.227. The third-order valence-corrected chi connectivity index (χ3v) is 4.90. The summed E-state index contributed by atoms with van der Waals surface area (Å²) in [5.74, 6) is -0.915. The van der Waals surface area contributed by atoms with Gasteiger partial charge in [-0.25, -0.2) is 17.9 Å². The van der Waals surface area contributed by atoms with E-state index in [-0.39, 0.29) is 11.3 Å². The van der Waals surface area contributed by atoms with Crippen LogP contribution in [0.5, 0.6) is 0 Å². The number of benzene rings is 2. The topological polar surface area (TPSA) is 119 Å². The minimum atomic E-state index is -3.59. The van der Waals surface area contributed by atoms with Crippen LogP contribution in [0.15, 0.2) is 60.7 Å². The number of ether oxygens (including phenoxy) is 1. The Labute approximate surface area is 186 Å². The molecule has 9 nitrogen and oxygen atoms in total. The number of aromatic nitrogens is 2. The molecule has 0 bridgehead atoms. The van der Waals surface area contributed by atoms with Gasteiger partial charge < -0.3 is 10.1 Å². The number of anilines is 2. The van der Waals surface area contributed by atoms with E-state index >= 15 is 0 Å². The number of amides is 1. The minimum absolute atomic E-state index is 0.00489. The van der Waals surface area contributed by atoms with Crippen molar-refractivity contribution in [1.29, 1.82) is 0 Å². The summed E-state index contributed by atoms with van der Waals surface area (Å²) in [6.45, 7) is 1.49. The van der Waals surface area contributed by atoms with E-state index in [4.69, 9.17) is 4.74 Å². The number of nitrogens with zero attached hydrogens (tertiary/aromatic N) is 2. The molecule has 1 amide bonds. The average molecular weight is 457 g/mol. The Balaban J connectivity index is 1.70. The Morgan fingerprint density at radius 2 is 1.75 bits per heavy atom. The van der Waals surface area contributed by atoms with Gasteiger partial charge in [0.2, 0.25) is 10.0 Å². The van der Waals surface area contributed by atoms with E-state index in [1.165, 1.54) is 12.1 Å². The van der Waals surface area contributed by atoms with E-state index in [1.807, 2.05) is 37.3 Å². The van der Waals surface area contributed by atoms with Gasteiger partial charge in [0.1, 0.15) is 5.82 Å². The maximum Gasteiger partial charge on any atom is 0.340 e. The first-order valence-electron chi connectivity index (χ1n) is 9.95. The largest absolute Gasteiger partial charge is 0.452 e. The molecule has 3 aromatic rings. The second-order valence-electron chi connectivity index (χ2n) is 7.06. The van der Waals surface area contributed by atoms with Gasteiger partial charge in [-0.3, -0.25) is 9.52 Å². The standard InChI is InChI=1S/C22H24N4O5S/c1-3-9-16-14-20(26(24-16)17-10-5-4-6-11-17)23-21(27)15-31-22(28)18-12-7-8-13-19(18)25-32(2,29)30/h4-8,10-14,25H,3,9,15H2,1-2H3,(H,23,27). The molecule has 1 heterocycles. The van der Waals surface area contributed by atoms with Crippen molar-refractivity contribution in [3.8, 4) is 5.69 Å². The molecule has 0 unspecified atom stereocenters. The highest BCUT2D eigenvalue weighted by Crippen LogP contribution is 2.19. The number of hydrogen-bond donors (Lipinski definition) is 2. The minimum Gasteiger partial charge on any atom is -0.452 e. The zero-order valence-corrected chi connectivity index (χ0v) is 18.6. The van der Waals surface area contributed by atoms with Gasteiger partial charge >= 0.3 is 5.97 Å². The molecule has 0 aliphatic rings. The van der Waals surface area contributed by atoms with Crippen LogP contribution >= 0.6 is 0 Å². The van der Waals surface area contributed by atoms with Crippen molar-refractivity contribution in [2.45, 2.75) is 19.8 Å². The number of nitrogens with one attached hydrogen (secondary N) is 2. The van der Waals surface area contributed by atoms with Crippen molar-refractivity contribution < 1.29 is 22.7 Å². The third kappa shape index (κ3) is 6.17. The van der Waals surface area contributed by atoms with Crippen LogP contribution in [0.4, 0.5) is 11.5 Å². The molecule has 2 N–H and O–H groups in total. The molecule has 0 saturated carbocycles. The summed E-state index contributed by atoms with van der Waals surface area (Å²) < 4.78 is 32.0. The zero-order chi connectivity index (χ0) is 23.1. The summed E-state index contributed by atoms with van der Waals surface area (Å²) in [6, 6.07) is 17.1. The maximum absolute atomic E-state index is 12.5. The van der Waals surface area contributed by atoms with Gasteiger partial charge in [-0.1, -0.05) is 43.7 Å². The van der Waals surface area contributed by atoms with Crippen LogP contribution in [0.25, 0.3) is 5.69 Å². The van der Waals surface area contributed by atoms with Crippen molar-refractivity contribution in [3.63, 3.8) is 0 Å². The quantitative estimate of drug-likeness (QED) is 0.478. The van der Waals surface area contributed by atoms with Crippen LogP contribution in [-0.4, -0.2) is 42.9 Å². The fourth-order valence-corrected chi connectivity index (χ4v) is 3.58. The lowest BCUT2D eigenvalue weighted by Crippen LogP contribution is -2.23. The second kappa shape index (κ2) is 10.1. The monoisotopic (exact) mass is 456 g/mol. The van der Waals surface area contributed by atoms with Crippen molar-refractivity contribution in [3.05, 3.63) is 71.9 Å². The molecule has 0 aliphatic carbocycles. The number of rotatable bonds is 9. The molecule has 2 aromatic carbocycles. The van der Waals surface area contributed by atoms with E-state index in [0.29, 0.717) is 5.82 Å². The van der Waals surface area contributed by atoms with Crippen molar-refractivity contribution in [2.75, 3.05) is 22.9 Å². The first kappa shape index (κ1) is 23.0. The number of hydrogen-bond acceptors (Lipinski definition) is 6. The van der Waals surface area contributed by atoms with E-state index in [2.05, 4.69) is 15.1 Å². The van der Waals surface area contributed by atoms with E-state index in [1.54, 1.807) is 22.9 Å². The predicted octanol–water partition coefficient (Wildman–Crippen LogP) is 2.99. The molecule has 0 fully saturated rings. The molecular formula is C22H24N4O5S. The Morgan fingerprint density at radius 3 is 2.44 bits per heavy atom. The summed E-state index contributed by atoms with van der Waals surface area (Å²) in [4.78, 5) is 24.9. The zero-order valence-electron chi connectivity index (χ0n) is 17.7. The Kier molecular flexibility index (Phi) is 7.26. The molecule has 0 spiro atoms. The summed E-state index contributed by atoms with van der Waals surface area (Å²) in [6.07, 6.45) is 2.63. The molecule has 0 radical (unpaired) electrons. The summed E-state index contributed by atoms with van der Waals surface area (Å²) in [7, 11) is -3.59. The Bertz CT molecular complexity index is 1210. The van der Waals surface area contributed by atoms with Gasteiger partial charge in [-0.15, -0.1) is 0 Å². The number of carbonyl (C=O) groups excluding carboxylic acids is 2. The first-order chi connectivity index (χ1) is 15.3. The van der Waals surface area contributed by atoms with Crippen molar-refractivity contribution >= 4 is 33.4 Å². The van der Waals surface area contributed by atoms with Gasteiger partial charge in [-0.2, -0.15) is 5.10 Å². The SMILES string of the molecule is CCCc1cc(NC(=O)COC(=O)c2ccccc2NS(C)(=O)=O)n(-c2ccccc2)n1. The first-order valence-corrected chi connectivity index (χ1v) is 11.8. The number of esters is 1. The van der Waals surface area contributed by atoms with Gasteiger partial charge in [0.25, 0.3) is 5.91 Å². The molecule has 32 heavy (non-hydrogen) atoms. The van der Waals surface area contributed by atoms with Crippen LogP contribution in [0.3, 0.4) is 0 Å². The lowest BCUT2D eigenvalue weighted by atomic mass is 10.2. The normalized spacial score (nSPS) is 11.1. The van der Waals surface area contributed by atoms with Crippen LogP contribution in [0, 0.1) is 0 Å². The molecule has 0 saturated heterocycles. The molecule has 0 aliphatic heterocycles. The smallest absolute Gasteiger partial charge is 0.340 e.